The van der Waals surface area contributed by atoms with Crippen LogP contribution >= 0.6 is 15.9 Å². The molecule has 0 amide bonds. The van der Waals surface area contributed by atoms with Gasteiger partial charge in [-0.05, 0) is 28.4 Å². The average molecular weight is 203 g/mol. The van der Waals surface area contributed by atoms with Crippen LogP contribution in [-0.2, 0) is 4.58 Å². The standard InChI is InChI=1S/C8H8BrF/c1-8(9,10)7-5-3-2-4-6-7/h2-6H,1H3/t8-/m1/s1. The Morgan fingerprint density at radius 2 is 1.80 bits per heavy atom. The van der Waals surface area contributed by atoms with Crippen molar-refractivity contribution in [3.63, 3.8) is 0 Å². The van der Waals surface area contributed by atoms with Crippen molar-refractivity contribution < 1.29 is 4.39 Å². The van der Waals surface area contributed by atoms with Crippen molar-refractivity contribution in [3.05, 3.63) is 35.9 Å². The van der Waals surface area contributed by atoms with Crippen molar-refractivity contribution >= 4 is 15.9 Å². The largest absolute Gasteiger partial charge is 0.226 e. The van der Waals surface area contributed by atoms with Crippen molar-refractivity contribution in [1.29, 1.82) is 0 Å². The van der Waals surface area contributed by atoms with Crippen LogP contribution in [0.1, 0.15) is 12.5 Å². The molecule has 0 aliphatic heterocycles. The Morgan fingerprint density at radius 1 is 1.30 bits per heavy atom. The maximum Gasteiger partial charge on any atom is 0.187 e. The second kappa shape index (κ2) is 2.70. The molecule has 0 aliphatic carbocycles. The van der Waals surface area contributed by atoms with Gasteiger partial charge in [0.1, 0.15) is 0 Å². The van der Waals surface area contributed by atoms with Gasteiger partial charge in [0.25, 0.3) is 0 Å². The molecule has 10 heavy (non-hydrogen) atoms. The Hall–Kier alpha value is -0.370. The fraction of sp³-hybridized carbons (Fsp3) is 0.250. The SMILES string of the molecule is C[C@](F)(Br)c1ccccc1. The minimum Gasteiger partial charge on any atom is -0.226 e. The van der Waals surface area contributed by atoms with Crippen molar-refractivity contribution in [2.45, 2.75) is 11.5 Å². The molecule has 0 unspecified atom stereocenters. The molecule has 1 rings (SSSR count). The van der Waals surface area contributed by atoms with Crippen molar-refractivity contribution in [2.75, 3.05) is 0 Å². The second-order valence-electron chi connectivity index (χ2n) is 2.25. The van der Waals surface area contributed by atoms with Crippen LogP contribution in [0.15, 0.2) is 30.3 Å². The molecule has 2 heteroatoms. The van der Waals surface area contributed by atoms with Crippen LogP contribution in [0, 0.1) is 0 Å². The minimum absolute atomic E-state index is 0.648. The van der Waals surface area contributed by atoms with Crippen LogP contribution in [0.5, 0.6) is 0 Å². The Labute approximate surface area is 68.2 Å². The number of hydrogen-bond donors (Lipinski definition) is 0. The molecular formula is C8H8BrF. The highest BCUT2D eigenvalue weighted by atomic mass is 79.9. The zero-order chi connectivity index (χ0) is 7.61. The number of benzene rings is 1. The van der Waals surface area contributed by atoms with E-state index in [0.717, 1.165) is 0 Å². The van der Waals surface area contributed by atoms with Gasteiger partial charge in [0.15, 0.2) is 4.58 Å². The molecule has 0 nitrogen and oxygen atoms in total. The van der Waals surface area contributed by atoms with Crippen LogP contribution in [0.4, 0.5) is 4.39 Å². The summed E-state index contributed by atoms with van der Waals surface area (Å²) >= 11 is 2.92. The molecule has 0 saturated carbocycles. The first-order chi connectivity index (χ1) is 4.61. The van der Waals surface area contributed by atoms with Gasteiger partial charge in [-0.1, -0.05) is 30.3 Å². The molecule has 0 aromatic heterocycles. The summed E-state index contributed by atoms with van der Waals surface area (Å²) in [4.78, 5) is 0. The molecule has 1 aromatic carbocycles. The first-order valence-electron chi connectivity index (χ1n) is 3.04. The Morgan fingerprint density at radius 3 is 2.10 bits per heavy atom. The van der Waals surface area contributed by atoms with E-state index in [2.05, 4.69) is 15.9 Å². The van der Waals surface area contributed by atoms with E-state index in [9.17, 15) is 4.39 Å². The summed E-state index contributed by atoms with van der Waals surface area (Å²) in [7, 11) is 0. The van der Waals surface area contributed by atoms with Gasteiger partial charge in [0, 0.05) is 0 Å². The molecule has 0 radical (unpaired) electrons. The third-order valence-electron chi connectivity index (χ3n) is 1.28. The van der Waals surface area contributed by atoms with Gasteiger partial charge in [0.2, 0.25) is 0 Å². The van der Waals surface area contributed by atoms with Crippen LogP contribution in [0.25, 0.3) is 0 Å². The lowest BCUT2D eigenvalue weighted by Gasteiger charge is -2.10. The van der Waals surface area contributed by atoms with E-state index in [-0.39, 0.29) is 0 Å². The molecular weight excluding hydrogens is 195 g/mol. The van der Waals surface area contributed by atoms with Crippen LogP contribution in [0.2, 0.25) is 0 Å². The van der Waals surface area contributed by atoms with Gasteiger partial charge >= 0.3 is 0 Å². The Bertz CT molecular complexity index is 200. The highest BCUT2D eigenvalue weighted by Gasteiger charge is 2.19. The summed E-state index contributed by atoms with van der Waals surface area (Å²) < 4.78 is 11.6. The number of halogens is 2. The summed E-state index contributed by atoms with van der Waals surface area (Å²) in [5.41, 5.74) is 0.648. The van der Waals surface area contributed by atoms with E-state index in [0.29, 0.717) is 5.56 Å². The predicted octanol–water partition coefficient (Wildman–Crippen LogP) is 3.22. The monoisotopic (exact) mass is 202 g/mol. The highest BCUT2D eigenvalue weighted by molar-refractivity contribution is 9.09. The number of alkyl halides is 2. The van der Waals surface area contributed by atoms with E-state index < -0.39 is 4.58 Å². The number of rotatable bonds is 1. The first kappa shape index (κ1) is 7.73. The summed E-state index contributed by atoms with van der Waals surface area (Å²) in [6.45, 7) is 1.47. The lowest BCUT2D eigenvalue weighted by molar-refractivity contribution is 0.335. The van der Waals surface area contributed by atoms with Crippen LogP contribution < -0.4 is 0 Å². The smallest absolute Gasteiger partial charge is 0.187 e. The molecule has 0 saturated heterocycles. The lowest BCUT2D eigenvalue weighted by Crippen LogP contribution is -2.02. The maximum absolute atomic E-state index is 13.0. The first-order valence-corrected chi connectivity index (χ1v) is 3.83. The van der Waals surface area contributed by atoms with Gasteiger partial charge in [-0.15, -0.1) is 0 Å². The third kappa shape index (κ3) is 1.81. The van der Waals surface area contributed by atoms with Crippen molar-refractivity contribution in [2.24, 2.45) is 0 Å². The fourth-order valence-corrected chi connectivity index (χ4v) is 0.995. The van der Waals surface area contributed by atoms with E-state index in [1.165, 1.54) is 6.92 Å². The quantitative estimate of drug-likeness (QED) is 0.614. The summed E-state index contributed by atoms with van der Waals surface area (Å²) in [6, 6.07) is 8.98. The molecule has 0 spiro atoms. The molecule has 54 valence electrons. The minimum atomic E-state index is -1.39. The molecule has 0 fully saturated rings. The zero-order valence-corrected chi connectivity index (χ0v) is 7.23. The number of hydrogen-bond acceptors (Lipinski definition) is 0. The molecule has 0 heterocycles. The Kier molecular flexibility index (Phi) is 2.09. The van der Waals surface area contributed by atoms with Gasteiger partial charge in [-0.25, -0.2) is 4.39 Å². The van der Waals surface area contributed by atoms with Crippen molar-refractivity contribution in [1.82, 2.24) is 0 Å². The summed E-state index contributed by atoms with van der Waals surface area (Å²) in [5, 5.41) is 0. The van der Waals surface area contributed by atoms with E-state index in [1.54, 1.807) is 12.1 Å². The van der Waals surface area contributed by atoms with Gasteiger partial charge in [-0.2, -0.15) is 0 Å². The highest BCUT2D eigenvalue weighted by Crippen LogP contribution is 2.31. The van der Waals surface area contributed by atoms with Crippen molar-refractivity contribution in [3.8, 4) is 0 Å². The lowest BCUT2D eigenvalue weighted by atomic mass is 10.1. The Balaban J connectivity index is 2.97. The predicted molar refractivity (Wildman–Crippen MR) is 43.8 cm³/mol. The molecule has 0 aliphatic rings. The third-order valence-corrected chi connectivity index (χ3v) is 1.74. The van der Waals surface area contributed by atoms with Gasteiger partial charge < -0.3 is 0 Å². The van der Waals surface area contributed by atoms with E-state index >= 15 is 0 Å². The topological polar surface area (TPSA) is 0 Å². The van der Waals surface area contributed by atoms with Gasteiger partial charge in [0.05, 0.1) is 0 Å². The summed E-state index contributed by atoms with van der Waals surface area (Å²) in [6.07, 6.45) is 0. The molecule has 1 atom stereocenters. The van der Waals surface area contributed by atoms with E-state index in [1.807, 2.05) is 18.2 Å². The second-order valence-corrected chi connectivity index (χ2v) is 3.74. The van der Waals surface area contributed by atoms with Gasteiger partial charge in [-0.3, -0.25) is 0 Å². The normalized spacial score (nSPS) is 16.3. The van der Waals surface area contributed by atoms with Crippen LogP contribution in [0.3, 0.4) is 0 Å². The molecule has 1 aromatic rings. The maximum atomic E-state index is 13.0. The van der Waals surface area contributed by atoms with E-state index in [4.69, 9.17) is 0 Å². The summed E-state index contributed by atoms with van der Waals surface area (Å²) in [5.74, 6) is 0. The fourth-order valence-electron chi connectivity index (χ4n) is 0.731. The molecule has 0 N–H and O–H groups in total. The molecule has 0 bridgehead atoms. The zero-order valence-electron chi connectivity index (χ0n) is 5.64. The van der Waals surface area contributed by atoms with Crippen LogP contribution in [-0.4, -0.2) is 0 Å². The average Bonchev–Trinajstić information content (AvgIpc) is 1.88.